The first kappa shape index (κ1) is 14.9. The first-order valence-electron chi connectivity index (χ1n) is 8.58. The molecule has 3 nitrogen and oxygen atoms in total. The summed E-state index contributed by atoms with van der Waals surface area (Å²) in [6.07, 6.45) is 8.26. The highest BCUT2D eigenvalue weighted by Gasteiger charge is 2.15. The van der Waals surface area contributed by atoms with Crippen LogP contribution in [0.1, 0.15) is 44.1 Å². The summed E-state index contributed by atoms with van der Waals surface area (Å²) in [5.41, 5.74) is 1.33. The van der Waals surface area contributed by atoms with Crippen LogP contribution in [0, 0.1) is 0 Å². The van der Waals surface area contributed by atoms with Gasteiger partial charge in [-0.15, -0.1) is 0 Å². The molecule has 0 saturated heterocycles. The van der Waals surface area contributed by atoms with Crippen LogP contribution in [0.15, 0.2) is 24.3 Å². The molecule has 1 fully saturated rings. The zero-order valence-corrected chi connectivity index (χ0v) is 13.0. The van der Waals surface area contributed by atoms with Gasteiger partial charge in [0.05, 0.1) is 0 Å². The summed E-state index contributed by atoms with van der Waals surface area (Å²) in [4.78, 5) is 2.52. The highest BCUT2D eigenvalue weighted by Crippen LogP contribution is 2.22. The minimum Gasteiger partial charge on any atom is -0.492 e. The maximum atomic E-state index is 5.82. The van der Waals surface area contributed by atoms with Gasteiger partial charge >= 0.3 is 0 Å². The van der Waals surface area contributed by atoms with Crippen molar-refractivity contribution < 1.29 is 4.74 Å². The molecule has 1 aliphatic heterocycles. The third-order valence-electron chi connectivity index (χ3n) is 4.72. The normalized spacial score (nSPS) is 20.6. The van der Waals surface area contributed by atoms with Crippen molar-refractivity contribution >= 4 is 0 Å². The number of benzene rings is 1. The predicted octanol–water partition coefficient (Wildman–Crippen LogP) is 3.19. The lowest BCUT2D eigenvalue weighted by atomic mass is 9.95. The van der Waals surface area contributed by atoms with E-state index in [1.807, 2.05) is 0 Å². The summed E-state index contributed by atoms with van der Waals surface area (Å²) >= 11 is 0. The SMILES string of the molecule is c1ccc2c(c1)CN(CCCNC1CCCCC1)CCO2. The number of ether oxygens (including phenoxy) is 1. The number of rotatable bonds is 5. The zero-order chi connectivity index (χ0) is 14.3. The van der Waals surface area contributed by atoms with Gasteiger partial charge in [-0.2, -0.15) is 0 Å². The van der Waals surface area contributed by atoms with E-state index in [1.165, 1.54) is 44.1 Å². The quantitative estimate of drug-likeness (QED) is 0.842. The molecule has 0 amide bonds. The molecule has 1 aromatic rings. The summed E-state index contributed by atoms with van der Waals surface area (Å²) in [6, 6.07) is 9.22. The predicted molar refractivity (Wildman–Crippen MR) is 86.7 cm³/mol. The Bertz CT molecular complexity index is 429. The first-order valence-corrected chi connectivity index (χ1v) is 8.58. The molecule has 3 heteroatoms. The van der Waals surface area contributed by atoms with Crippen LogP contribution in [0.25, 0.3) is 0 Å². The number of fused-ring (bicyclic) bond motifs is 1. The van der Waals surface area contributed by atoms with Crippen LogP contribution in [-0.4, -0.2) is 37.2 Å². The van der Waals surface area contributed by atoms with Crippen LogP contribution in [0.5, 0.6) is 5.75 Å². The molecule has 3 rings (SSSR count). The molecule has 0 radical (unpaired) electrons. The van der Waals surface area contributed by atoms with Crippen molar-refractivity contribution in [3.63, 3.8) is 0 Å². The summed E-state index contributed by atoms with van der Waals surface area (Å²) in [7, 11) is 0. The lowest BCUT2D eigenvalue weighted by Gasteiger charge is -2.24. The number of nitrogens with one attached hydrogen (secondary N) is 1. The van der Waals surface area contributed by atoms with Crippen LogP contribution in [0.2, 0.25) is 0 Å². The van der Waals surface area contributed by atoms with Crippen molar-refractivity contribution in [1.82, 2.24) is 10.2 Å². The molecule has 0 unspecified atom stereocenters. The van der Waals surface area contributed by atoms with E-state index in [0.717, 1.165) is 44.6 Å². The van der Waals surface area contributed by atoms with E-state index in [2.05, 4.69) is 34.5 Å². The molecule has 21 heavy (non-hydrogen) atoms. The van der Waals surface area contributed by atoms with E-state index in [1.54, 1.807) is 0 Å². The van der Waals surface area contributed by atoms with Crippen molar-refractivity contribution in [2.75, 3.05) is 26.2 Å². The Morgan fingerprint density at radius 2 is 2.00 bits per heavy atom. The number of hydrogen-bond donors (Lipinski definition) is 1. The van der Waals surface area contributed by atoms with Crippen molar-refractivity contribution in [3.8, 4) is 5.75 Å². The molecule has 0 bridgehead atoms. The van der Waals surface area contributed by atoms with Crippen LogP contribution in [0.3, 0.4) is 0 Å². The maximum Gasteiger partial charge on any atom is 0.123 e. The van der Waals surface area contributed by atoms with Gasteiger partial charge in [0.2, 0.25) is 0 Å². The Kier molecular flexibility index (Phi) is 5.53. The smallest absolute Gasteiger partial charge is 0.123 e. The highest BCUT2D eigenvalue weighted by molar-refractivity contribution is 5.33. The third-order valence-corrected chi connectivity index (χ3v) is 4.72. The van der Waals surface area contributed by atoms with E-state index in [0.29, 0.717) is 0 Å². The van der Waals surface area contributed by atoms with Crippen molar-refractivity contribution in [3.05, 3.63) is 29.8 Å². The van der Waals surface area contributed by atoms with Gasteiger partial charge in [0.15, 0.2) is 0 Å². The molecule has 1 aromatic carbocycles. The highest BCUT2D eigenvalue weighted by atomic mass is 16.5. The molecular formula is C18H28N2O. The molecule has 2 aliphatic rings. The first-order chi connectivity index (χ1) is 10.4. The molecule has 1 N–H and O–H groups in total. The fourth-order valence-corrected chi connectivity index (χ4v) is 3.49. The van der Waals surface area contributed by atoms with E-state index in [-0.39, 0.29) is 0 Å². The van der Waals surface area contributed by atoms with Gasteiger partial charge in [-0.05, 0) is 38.4 Å². The Balaban J connectivity index is 1.39. The van der Waals surface area contributed by atoms with Crippen molar-refractivity contribution in [2.45, 2.75) is 51.1 Å². The topological polar surface area (TPSA) is 24.5 Å². The van der Waals surface area contributed by atoms with Crippen LogP contribution in [0.4, 0.5) is 0 Å². The van der Waals surface area contributed by atoms with Gasteiger partial charge in [0, 0.05) is 24.7 Å². The number of para-hydroxylation sites is 1. The summed E-state index contributed by atoms with van der Waals surface area (Å²) < 4.78 is 5.82. The van der Waals surface area contributed by atoms with Crippen molar-refractivity contribution in [2.24, 2.45) is 0 Å². The average molecular weight is 288 g/mol. The summed E-state index contributed by atoms with van der Waals surface area (Å²) in [5.74, 6) is 1.07. The van der Waals surface area contributed by atoms with Gasteiger partial charge < -0.3 is 10.1 Å². The van der Waals surface area contributed by atoms with Gasteiger partial charge in [-0.1, -0.05) is 37.5 Å². The van der Waals surface area contributed by atoms with Crippen LogP contribution in [-0.2, 0) is 6.54 Å². The maximum absolute atomic E-state index is 5.82. The molecule has 0 spiro atoms. The Morgan fingerprint density at radius 3 is 2.90 bits per heavy atom. The largest absolute Gasteiger partial charge is 0.492 e. The van der Waals surface area contributed by atoms with Gasteiger partial charge in [0.1, 0.15) is 12.4 Å². The lowest BCUT2D eigenvalue weighted by molar-refractivity contribution is 0.222. The monoisotopic (exact) mass is 288 g/mol. The second kappa shape index (κ2) is 7.81. The van der Waals surface area contributed by atoms with Crippen LogP contribution >= 0.6 is 0 Å². The third kappa shape index (κ3) is 4.45. The molecule has 0 atom stereocenters. The summed E-state index contributed by atoms with van der Waals surface area (Å²) in [6.45, 7) is 5.20. The Labute approximate surface area is 128 Å². The fraction of sp³-hybridized carbons (Fsp3) is 0.667. The second-order valence-electron chi connectivity index (χ2n) is 6.37. The van der Waals surface area contributed by atoms with Gasteiger partial charge in [-0.25, -0.2) is 0 Å². The van der Waals surface area contributed by atoms with Crippen LogP contribution < -0.4 is 10.1 Å². The molecule has 0 aromatic heterocycles. The molecule has 1 heterocycles. The Morgan fingerprint density at radius 1 is 1.14 bits per heavy atom. The van der Waals surface area contributed by atoms with Gasteiger partial charge in [-0.3, -0.25) is 4.90 Å². The van der Waals surface area contributed by atoms with Crippen molar-refractivity contribution in [1.29, 1.82) is 0 Å². The number of hydrogen-bond acceptors (Lipinski definition) is 3. The zero-order valence-electron chi connectivity index (χ0n) is 13.0. The minimum absolute atomic E-state index is 0.784. The average Bonchev–Trinajstić information content (AvgIpc) is 2.74. The van der Waals surface area contributed by atoms with E-state index >= 15 is 0 Å². The minimum atomic E-state index is 0.784. The van der Waals surface area contributed by atoms with Gasteiger partial charge in [0.25, 0.3) is 0 Å². The fourth-order valence-electron chi connectivity index (χ4n) is 3.49. The Hall–Kier alpha value is -1.06. The van der Waals surface area contributed by atoms with E-state index in [4.69, 9.17) is 4.74 Å². The van der Waals surface area contributed by atoms with E-state index in [9.17, 15) is 0 Å². The molecule has 1 saturated carbocycles. The number of nitrogens with zero attached hydrogens (tertiary/aromatic N) is 1. The lowest BCUT2D eigenvalue weighted by Crippen LogP contribution is -2.34. The van der Waals surface area contributed by atoms with E-state index < -0.39 is 0 Å². The molecule has 116 valence electrons. The standard InChI is InChI=1S/C18H28N2O/c1-2-8-17(9-3-1)19-11-6-12-20-13-14-21-18-10-5-4-7-16(18)15-20/h4-5,7,10,17,19H,1-3,6,8-9,11-15H2. The molecular weight excluding hydrogens is 260 g/mol. The summed E-state index contributed by atoms with van der Waals surface area (Å²) in [5, 5.41) is 3.74. The molecule has 1 aliphatic carbocycles. The second-order valence-corrected chi connectivity index (χ2v) is 6.37.